The number of para-hydroxylation sites is 1. The molecule has 4 aromatic carbocycles. The monoisotopic (exact) mass is 447 g/mol. The van der Waals surface area contributed by atoms with Gasteiger partial charge in [-0.3, -0.25) is 0 Å². The van der Waals surface area contributed by atoms with Gasteiger partial charge in [0.15, 0.2) is 0 Å². The SMILES string of the molecule is COc1ccc2c(c1)c1c(n2Cc2ccc(OCc3ccccc3)cc2)-c2ccccc2OC1. The molecule has 1 aromatic heterocycles. The lowest BCUT2D eigenvalue weighted by molar-refractivity contribution is 0.303. The molecule has 2 heterocycles. The van der Waals surface area contributed by atoms with Crippen LogP contribution in [0, 0.1) is 0 Å². The Kier molecular flexibility index (Phi) is 5.19. The highest BCUT2D eigenvalue weighted by atomic mass is 16.5. The van der Waals surface area contributed by atoms with Crippen molar-refractivity contribution < 1.29 is 14.2 Å². The third-order valence-corrected chi connectivity index (χ3v) is 6.40. The standard InChI is InChI=1S/C30H25NO3/c1-32-24-15-16-28-26(17-24)27-20-34-29-10-6-5-9-25(29)30(27)31(28)18-21-11-13-23(14-12-21)33-19-22-7-3-2-4-8-22/h2-17H,18-20H2,1H3. The Hall–Kier alpha value is -4.18. The average Bonchev–Trinajstić information content (AvgIpc) is 3.22. The molecule has 4 heteroatoms. The first-order valence-electron chi connectivity index (χ1n) is 11.5. The molecular formula is C30H25NO3. The van der Waals surface area contributed by atoms with Crippen molar-refractivity contribution in [1.82, 2.24) is 4.57 Å². The number of aromatic nitrogens is 1. The van der Waals surface area contributed by atoms with E-state index in [-0.39, 0.29) is 0 Å². The Bertz CT molecular complexity index is 1450. The van der Waals surface area contributed by atoms with Crippen molar-refractivity contribution in [2.24, 2.45) is 0 Å². The summed E-state index contributed by atoms with van der Waals surface area (Å²) < 4.78 is 20.0. The molecule has 0 N–H and O–H groups in total. The molecule has 168 valence electrons. The van der Waals surface area contributed by atoms with E-state index in [0.29, 0.717) is 13.2 Å². The van der Waals surface area contributed by atoms with Crippen molar-refractivity contribution in [3.05, 3.63) is 114 Å². The maximum absolute atomic E-state index is 6.10. The molecule has 6 rings (SSSR count). The number of methoxy groups -OCH3 is 1. The second kappa shape index (κ2) is 8.64. The van der Waals surface area contributed by atoms with Gasteiger partial charge < -0.3 is 18.8 Å². The highest BCUT2D eigenvalue weighted by Gasteiger charge is 2.25. The summed E-state index contributed by atoms with van der Waals surface area (Å²) in [5.41, 5.74) is 7.10. The third-order valence-electron chi connectivity index (χ3n) is 6.40. The summed E-state index contributed by atoms with van der Waals surface area (Å²) in [7, 11) is 1.71. The molecule has 5 aromatic rings. The van der Waals surface area contributed by atoms with Crippen molar-refractivity contribution in [1.29, 1.82) is 0 Å². The van der Waals surface area contributed by atoms with Crippen LogP contribution in [0.2, 0.25) is 0 Å². The predicted molar refractivity (Wildman–Crippen MR) is 135 cm³/mol. The lowest BCUT2D eigenvalue weighted by Crippen LogP contribution is -2.09. The number of hydrogen-bond donors (Lipinski definition) is 0. The summed E-state index contributed by atoms with van der Waals surface area (Å²) in [5, 5.41) is 1.17. The van der Waals surface area contributed by atoms with Crippen LogP contribution in [-0.4, -0.2) is 11.7 Å². The number of fused-ring (bicyclic) bond motifs is 5. The number of rotatable bonds is 6. The summed E-state index contributed by atoms with van der Waals surface area (Å²) in [4.78, 5) is 0. The maximum Gasteiger partial charge on any atom is 0.129 e. The smallest absolute Gasteiger partial charge is 0.129 e. The van der Waals surface area contributed by atoms with Crippen LogP contribution < -0.4 is 14.2 Å². The highest BCUT2D eigenvalue weighted by Crippen LogP contribution is 2.43. The summed E-state index contributed by atoms with van der Waals surface area (Å²) in [6.45, 7) is 1.87. The van der Waals surface area contributed by atoms with E-state index < -0.39 is 0 Å². The van der Waals surface area contributed by atoms with Crippen LogP contribution in [0.25, 0.3) is 22.2 Å². The Balaban J connectivity index is 1.35. The molecule has 0 saturated carbocycles. The van der Waals surface area contributed by atoms with Crippen LogP contribution in [0.15, 0.2) is 97.1 Å². The quantitative estimate of drug-likeness (QED) is 0.286. The van der Waals surface area contributed by atoms with Gasteiger partial charge in [-0.25, -0.2) is 0 Å². The molecule has 0 bridgehead atoms. The van der Waals surface area contributed by atoms with E-state index in [9.17, 15) is 0 Å². The largest absolute Gasteiger partial charge is 0.497 e. The van der Waals surface area contributed by atoms with Gasteiger partial charge in [0, 0.05) is 28.6 Å². The lowest BCUT2D eigenvalue weighted by Gasteiger charge is -2.21. The molecule has 0 amide bonds. The molecule has 0 aliphatic carbocycles. The molecule has 0 radical (unpaired) electrons. The molecule has 1 aliphatic rings. The van der Waals surface area contributed by atoms with E-state index in [1.165, 1.54) is 27.7 Å². The summed E-state index contributed by atoms with van der Waals surface area (Å²) in [5.74, 6) is 2.65. The molecule has 0 spiro atoms. The van der Waals surface area contributed by atoms with Gasteiger partial charge >= 0.3 is 0 Å². The molecule has 0 unspecified atom stereocenters. The van der Waals surface area contributed by atoms with Gasteiger partial charge in [0.2, 0.25) is 0 Å². The Labute approximate surface area is 198 Å². The number of benzene rings is 4. The van der Waals surface area contributed by atoms with Gasteiger partial charge in [0.05, 0.1) is 12.8 Å². The molecule has 0 atom stereocenters. The zero-order chi connectivity index (χ0) is 22.9. The van der Waals surface area contributed by atoms with Gasteiger partial charge in [-0.1, -0.05) is 54.6 Å². The first-order valence-corrected chi connectivity index (χ1v) is 11.5. The van der Waals surface area contributed by atoms with Crippen LogP contribution >= 0.6 is 0 Å². The predicted octanol–water partition coefficient (Wildman–Crippen LogP) is 6.84. The van der Waals surface area contributed by atoms with Crippen molar-refractivity contribution in [2.45, 2.75) is 19.8 Å². The van der Waals surface area contributed by atoms with Crippen LogP contribution in [0.5, 0.6) is 17.2 Å². The summed E-state index contributed by atoms with van der Waals surface area (Å²) in [6.07, 6.45) is 0. The van der Waals surface area contributed by atoms with Gasteiger partial charge in [0.1, 0.15) is 30.5 Å². The topological polar surface area (TPSA) is 32.6 Å². The first kappa shape index (κ1) is 20.4. The highest BCUT2D eigenvalue weighted by molar-refractivity contribution is 5.94. The van der Waals surface area contributed by atoms with E-state index in [4.69, 9.17) is 14.2 Å². The fourth-order valence-corrected chi connectivity index (χ4v) is 4.70. The first-order chi connectivity index (χ1) is 16.8. The van der Waals surface area contributed by atoms with E-state index in [1.807, 2.05) is 36.4 Å². The second-order valence-electron chi connectivity index (χ2n) is 8.50. The van der Waals surface area contributed by atoms with Crippen LogP contribution in [0.3, 0.4) is 0 Å². The molecule has 1 aliphatic heterocycles. The fourth-order valence-electron chi connectivity index (χ4n) is 4.70. The molecular weight excluding hydrogens is 422 g/mol. The van der Waals surface area contributed by atoms with E-state index >= 15 is 0 Å². The normalized spacial score (nSPS) is 12.0. The second-order valence-corrected chi connectivity index (χ2v) is 8.50. The van der Waals surface area contributed by atoms with Crippen LogP contribution in [0.1, 0.15) is 16.7 Å². The number of ether oxygens (including phenoxy) is 3. The van der Waals surface area contributed by atoms with Gasteiger partial charge in [-0.15, -0.1) is 0 Å². The molecule has 34 heavy (non-hydrogen) atoms. The average molecular weight is 448 g/mol. The zero-order valence-electron chi connectivity index (χ0n) is 19.0. The van der Waals surface area contributed by atoms with E-state index in [2.05, 4.69) is 65.2 Å². The molecule has 0 fully saturated rings. The van der Waals surface area contributed by atoms with Crippen molar-refractivity contribution in [3.63, 3.8) is 0 Å². The lowest BCUT2D eigenvalue weighted by atomic mass is 10.0. The number of nitrogens with zero attached hydrogens (tertiary/aromatic N) is 1. The molecule has 4 nitrogen and oxygen atoms in total. The van der Waals surface area contributed by atoms with Crippen molar-refractivity contribution in [2.75, 3.05) is 7.11 Å². The van der Waals surface area contributed by atoms with Crippen LogP contribution in [0.4, 0.5) is 0 Å². The Morgan fingerprint density at radius 3 is 2.38 bits per heavy atom. The number of hydrogen-bond acceptors (Lipinski definition) is 3. The van der Waals surface area contributed by atoms with Crippen molar-refractivity contribution in [3.8, 4) is 28.5 Å². The Morgan fingerprint density at radius 2 is 1.56 bits per heavy atom. The summed E-state index contributed by atoms with van der Waals surface area (Å²) >= 11 is 0. The van der Waals surface area contributed by atoms with E-state index in [0.717, 1.165) is 34.9 Å². The minimum absolute atomic E-state index is 0.551. The summed E-state index contributed by atoms with van der Waals surface area (Å²) in [6, 6.07) is 33.2. The van der Waals surface area contributed by atoms with Crippen molar-refractivity contribution >= 4 is 10.9 Å². The minimum atomic E-state index is 0.551. The van der Waals surface area contributed by atoms with Gasteiger partial charge in [-0.2, -0.15) is 0 Å². The molecule has 0 saturated heterocycles. The van der Waals surface area contributed by atoms with E-state index in [1.54, 1.807) is 7.11 Å². The Morgan fingerprint density at radius 1 is 0.794 bits per heavy atom. The maximum atomic E-state index is 6.10. The minimum Gasteiger partial charge on any atom is -0.497 e. The third kappa shape index (κ3) is 3.67. The zero-order valence-corrected chi connectivity index (χ0v) is 19.0. The van der Waals surface area contributed by atoms with Crippen LogP contribution in [-0.2, 0) is 19.8 Å². The van der Waals surface area contributed by atoms with Gasteiger partial charge in [0.25, 0.3) is 0 Å². The van der Waals surface area contributed by atoms with Gasteiger partial charge in [-0.05, 0) is 53.6 Å². The fraction of sp³-hybridized carbons (Fsp3) is 0.133.